The van der Waals surface area contributed by atoms with Gasteiger partial charge in [-0.15, -0.1) is 0 Å². The van der Waals surface area contributed by atoms with Crippen LogP contribution < -0.4 is 5.56 Å². The molecule has 0 aliphatic carbocycles. The van der Waals surface area contributed by atoms with E-state index in [-0.39, 0.29) is 5.56 Å². The average Bonchev–Trinajstić information content (AvgIpc) is 2.32. The lowest BCUT2D eigenvalue weighted by molar-refractivity contribution is 0.708. The molecule has 0 aliphatic rings. The number of hydrogen-bond acceptors (Lipinski definition) is 3. The van der Waals surface area contributed by atoms with Gasteiger partial charge in [0.25, 0.3) is 5.56 Å². The van der Waals surface area contributed by atoms with Crippen molar-refractivity contribution < 1.29 is 0 Å². The maximum atomic E-state index is 11.4. The van der Waals surface area contributed by atoms with E-state index in [1.54, 1.807) is 29.6 Å². The van der Waals surface area contributed by atoms with Crippen LogP contribution in [0, 0.1) is 0 Å². The zero-order valence-corrected chi connectivity index (χ0v) is 9.78. The quantitative estimate of drug-likeness (QED) is 0.600. The van der Waals surface area contributed by atoms with E-state index in [1.165, 1.54) is 11.6 Å². The first-order chi connectivity index (χ1) is 7.77. The Morgan fingerprint density at radius 2 is 2.00 bits per heavy atom. The van der Waals surface area contributed by atoms with Gasteiger partial charge in [-0.1, -0.05) is 42.1 Å². The Hall–Kier alpha value is -1.55. The summed E-state index contributed by atoms with van der Waals surface area (Å²) in [7, 11) is 1.74. The Morgan fingerprint density at radius 3 is 2.75 bits per heavy atom. The van der Waals surface area contributed by atoms with E-state index < -0.39 is 0 Å². The Labute approximate surface area is 98.2 Å². The molecular formula is C12H12N2OS. The lowest BCUT2D eigenvalue weighted by Gasteiger charge is -2.05. The van der Waals surface area contributed by atoms with E-state index in [0.29, 0.717) is 0 Å². The van der Waals surface area contributed by atoms with Crippen LogP contribution >= 0.6 is 11.8 Å². The number of benzene rings is 1. The molecule has 0 spiro atoms. The van der Waals surface area contributed by atoms with Crippen molar-refractivity contribution in [3.63, 3.8) is 0 Å². The van der Waals surface area contributed by atoms with Gasteiger partial charge in [0.15, 0.2) is 5.16 Å². The van der Waals surface area contributed by atoms with Crippen LogP contribution in [-0.2, 0) is 12.8 Å². The predicted molar refractivity (Wildman–Crippen MR) is 65.5 cm³/mol. The van der Waals surface area contributed by atoms with Gasteiger partial charge >= 0.3 is 0 Å². The van der Waals surface area contributed by atoms with Crippen molar-refractivity contribution in [2.75, 3.05) is 0 Å². The molecule has 16 heavy (non-hydrogen) atoms. The van der Waals surface area contributed by atoms with Crippen molar-refractivity contribution in [1.82, 2.24) is 9.55 Å². The van der Waals surface area contributed by atoms with Crippen LogP contribution in [0.1, 0.15) is 5.56 Å². The lowest BCUT2D eigenvalue weighted by atomic mass is 10.2. The standard InChI is InChI=1S/C12H12N2OS/c1-14-11(15)7-8-13-12(14)16-9-10-5-3-2-4-6-10/h2-8H,9H2,1H3. The molecule has 0 radical (unpaired) electrons. The van der Waals surface area contributed by atoms with Crippen molar-refractivity contribution >= 4 is 11.8 Å². The van der Waals surface area contributed by atoms with Crippen LogP contribution in [0.2, 0.25) is 0 Å². The van der Waals surface area contributed by atoms with E-state index in [1.807, 2.05) is 18.2 Å². The third-order valence-electron chi connectivity index (χ3n) is 2.23. The second-order valence-electron chi connectivity index (χ2n) is 3.40. The Morgan fingerprint density at radius 1 is 1.25 bits per heavy atom. The molecule has 0 saturated heterocycles. The van der Waals surface area contributed by atoms with Gasteiger partial charge in [-0.05, 0) is 5.56 Å². The Balaban J connectivity index is 2.11. The van der Waals surface area contributed by atoms with Crippen LogP contribution in [0.25, 0.3) is 0 Å². The van der Waals surface area contributed by atoms with Crippen LogP contribution in [0.15, 0.2) is 52.5 Å². The number of rotatable bonds is 3. The zero-order chi connectivity index (χ0) is 11.4. The summed E-state index contributed by atoms with van der Waals surface area (Å²) in [5.41, 5.74) is 1.20. The summed E-state index contributed by atoms with van der Waals surface area (Å²) in [5.74, 6) is 0.825. The van der Waals surface area contributed by atoms with Gasteiger partial charge in [0.05, 0.1) is 0 Å². The summed E-state index contributed by atoms with van der Waals surface area (Å²) >= 11 is 1.57. The molecule has 2 rings (SSSR count). The molecule has 0 unspecified atom stereocenters. The maximum absolute atomic E-state index is 11.4. The molecule has 1 heterocycles. The average molecular weight is 232 g/mol. The highest BCUT2D eigenvalue weighted by Crippen LogP contribution is 2.18. The normalized spacial score (nSPS) is 10.3. The fourth-order valence-corrected chi connectivity index (χ4v) is 2.22. The summed E-state index contributed by atoms with van der Waals surface area (Å²) in [5, 5.41) is 0.747. The van der Waals surface area contributed by atoms with E-state index in [9.17, 15) is 4.79 Å². The topological polar surface area (TPSA) is 34.9 Å². The molecule has 0 amide bonds. The molecule has 2 aromatic rings. The van der Waals surface area contributed by atoms with Crippen molar-refractivity contribution in [1.29, 1.82) is 0 Å². The second kappa shape index (κ2) is 4.99. The highest BCUT2D eigenvalue weighted by molar-refractivity contribution is 7.98. The Bertz CT molecular complexity index is 522. The van der Waals surface area contributed by atoms with Crippen molar-refractivity contribution in [2.24, 2.45) is 7.05 Å². The molecule has 4 heteroatoms. The SMILES string of the molecule is Cn1c(SCc2ccccc2)nccc1=O. The fraction of sp³-hybridized carbons (Fsp3) is 0.167. The van der Waals surface area contributed by atoms with Crippen LogP contribution in [0.4, 0.5) is 0 Å². The number of thioether (sulfide) groups is 1. The van der Waals surface area contributed by atoms with Gasteiger partial charge in [-0.3, -0.25) is 9.36 Å². The van der Waals surface area contributed by atoms with E-state index in [0.717, 1.165) is 10.9 Å². The summed E-state index contributed by atoms with van der Waals surface area (Å²) < 4.78 is 1.56. The summed E-state index contributed by atoms with van der Waals surface area (Å²) in [6, 6.07) is 11.6. The Kier molecular flexibility index (Phi) is 3.41. The van der Waals surface area contributed by atoms with Crippen molar-refractivity contribution in [3.8, 4) is 0 Å². The summed E-state index contributed by atoms with van der Waals surface area (Å²) in [4.78, 5) is 15.5. The lowest BCUT2D eigenvalue weighted by Crippen LogP contribution is -2.17. The van der Waals surface area contributed by atoms with Crippen molar-refractivity contribution in [3.05, 3.63) is 58.5 Å². The van der Waals surface area contributed by atoms with E-state index in [2.05, 4.69) is 17.1 Å². The molecule has 1 aromatic heterocycles. The number of hydrogen-bond donors (Lipinski definition) is 0. The molecule has 0 saturated carbocycles. The predicted octanol–water partition coefficient (Wildman–Crippen LogP) is 2.07. The smallest absolute Gasteiger partial charge is 0.253 e. The molecular weight excluding hydrogens is 220 g/mol. The number of nitrogens with zero attached hydrogens (tertiary/aromatic N) is 2. The van der Waals surface area contributed by atoms with E-state index in [4.69, 9.17) is 0 Å². The van der Waals surface area contributed by atoms with Crippen LogP contribution in [-0.4, -0.2) is 9.55 Å². The first-order valence-electron chi connectivity index (χ1n) is 4.96. The highest BCUT2D eigenvalue weighted by Gasteiger charge is 2.01. The fourth-order valence-electron chi connectivity index (χ4n) is 1.31. The molecule has 0 bridgehead atoms. The molecule has 82 valence electrons. The minimum atomic E-state index is -0.0226. The number of aromatic nitrogens is 2. The van der Waals surface area contributed by atoms with Gasteiger partial charge < -0.3 is 0 Å². The van der Waals surface area contributed by atoms with E-state index >= 15 is 0 Å². The maximum Gasteiger partial charge on any atom is 0.253 e. The summed E-state index contributed by atoms with van der Waals surface area (Å²) in [6.07, 6.45) is 1.55. The minimum Gasteiger partial charge on any atom is -0.291 e. The van der Waals surface area contributed by atoms with Crippen LogP contribution in [0.5, 0.6) is 0 Å². The third-order valence-corrected chi connectivity index (χ3v) is 3.35. The van der Waals surface area contributed by atoms with Gasteiger partial charge in [-0.2, -0.15) is 0 Å². The van der Waals surface area contributed by atoms with Gasteiger partial charge in [-0.25, -0.2) is 4.98 Å². The van der Waals surface area contributed by atoms with Gasteiger partial charge in [0, 0.05) is 25.1 Å². The second-order valence-corrected chi connectivity index (χ2v) is 4.34. The molecule has 3 nitrogen and oxygen atoms in total. The van der Waals surface area contributed by atoms with Crippen LogP contribution in [0.3, 0.4) is 0 Å². The minimum absolute atomic E-state index is 0.0226. The molecule has 0 fully saturated rings. The molecule has 0 atom stereocenters. The first-order valence-corrected chi connectivity index (χ1v) is 5.95. The molecule has 0 aliphatic heterocycles. The monoisotopic (exact) mass is 232 g/mol. The zero-order valence-electron chi connectivity index (χ0n) is 8.96. The first kappa shape index (κ1) is 11.0. The van der Waals surface area contributed by atoms with Gasteiger partial charge in [0.1, 0.15) is 0 Å². The molecule has 1 aromatic carbocycles. The molecule has 0 N–H and O–H groups in total. The largest absolute Gasteiger partial charge is 0.291 e. The van der Waals surface area contributed by atoms with Gasteiger partial charge in [0.2, 0.25) is 0 Å². The summed E-state index contributed by atoms with van der Waals surface area (Å²) in [6.45, 7) is 0. The third kappa shape index (κ3) is 2.52. The highest BCUT2D eigenvalue weighted by atomic mass is 32.2. The van der Waals surface area contributed by atoms with Crippen molar-refractivity contribution in [2.45, 2.75) is 10.9 Å².